The van der Waals surface area contributed by atoms with Gasteiger partial charge in [0.1, 0.15) is 11.8 Å². The van der Waals surface area contributed by atoms with E-state index in [0.717, 1.165) is 25.0 Å². The number of nitrogens with zero attached hydrogens (tertiary/aromatic N) is 1. The summed E-state index contributed by atoms with van der Waals surface area (Å²) in [7, 11) is 0. The summed E-state index contributed by atoms with van der Waals surface area (Å²) in [5, 5.41) is 2.32. The maximum Gasteiger partial charge on any atom is 0.255 e. The van der Waals surface area contributed by atoms with Gasteiger partial charge in [-0.3, -0.25) is 19.7 Å². The Morgan fingerprint density at radius 2 is 2.12 bits per heavy atom. The van der Waals surface area contributed by atoms with Gasteiger partial charge in [-0.1, -0.05) is 6.07 Å². The molecule has 3 heterocycles. The summed E-state index contributed by atoms with van der Waals surface area (Å²) in [6.45, 7) is 2.41. The van der Waals surface area contributed by atoms with Crippen LogP contribution in [0.4, 0.5) is 0 Å². The van der Waals surface area contributed by atoms with Crippen LogP contribution in [0.5, 0.6) is 5.75 Å². The van der Waals surface area contributed by atoms with Gasteiger partial charge in [-0.2, -0.15) is 0 Å². The Labute approximate surface area is 151 Å². The predicted octanol–water partition coefficient (Wildman–Crippen LogP) is 1.25. The number of carbonyl (C=O) groups excluding carboxylic acids is 3. The van der Waals surface area contributed by atoms with Crippen molar-refractivity contribution in [2.24, 2.45) is 5.92 Å². The molecular weight excluding hydrogens is 336 g/mol. The van der Waals surface area contributed by atoms with Crippen molar-refractivity contribution in [1.29, 1.82) is 0 Å². The van der Waals surface area contributed by atoms with Crippen LogP contribution in [0.2, 0.25) is 0 Å². The Kier molecular flexibility index (Phi) is 4.63. The zero-order valence-corrected chi connectivity index (χ0v) is 14.5. The summed E-state index contributed by atoms with van der Waals surface area (Å²) in [5.74, 6) is 0.193. The smallest absolute Gasteiger partial charge is 0.255 e. The molecule has 2 saturated heterocycles. The highest BCUT2D eigenvalue weighted by Gasteiger charge is 2.40. The number of hydrogen-bond donors (Lipinski definition) is 1. The summed E-state index contributed by atoms with van der Waals surface area (Å²) < 4.78 is 11.5. The van der Waals surface area contributed by atoms with Gasteiger partial charge in [0.05, 0.1) is 19.8 Å². The van der Waals surface area contributed by atoms with Crippen molar-refractivity contribution < 1.29 is 23.9 Å². The fourth-order valence-corrected chi connectivity index (χ4v) is 3.84. The second-order valence-electron chi connectivity index (χ2n) is 7.08. The van der Waals surface area contributed by atoms with E-state index in [4.69, 9.17) is 9.47 Å². The molecule has 3 amide bonds. The van der Waals surface area contributed by atoms with E-state index in [0.29, 0.717) is 43.4 Å². The highest BCUT2D eigenvalue weighted by molar-refractivity contribution is 6.05. The van der Waals surface area contributed by atoms with Gasteiger partial charge in [-0.05, 0) is 31.4 Å². The molecule has 2 atom stereocenters. The third-order valence-electron chi connectivity index (χ3n) is 5.27. The second-order valence-corrected chi connectivity index (χ2v) is 7.08. The maximum absolute atomic E-state index is 12.8. The summed E-state index contributed by atoms with van der Waals surface area (Å²) in [6.07, 6.45) is 2.74. The fraction of sp³-hybridized carbons (Fsp3) is 0.526. The lowest BCUT2D eigenvalue weighted by atomic mass is 10.0. The van der Waals surface area contributed by atoms with Crippen molar-refractivity contribution >= 4 is 17.7 Å². The first kappa shape index (κ1) is 17.0. The first-order chi connectivity index (χ1) is 12.6. The highest BCUT2D eigenvalue weighted by atomic mass is 16.5. The Balaban J connectivity index is 1.48. The molecule has 1 aromatic carbocycles. The number of carbonyl (C=O) groups is 3. The molecule has 0 spiro atoms. The van der Waals surface area contributed by atoms with E-state index in [9.17, 15) is 14.4 Å². The second kappa shape index (κ2) is 7.07. The number of fused-ring (bicyclic) bond motifs is 1. The van der Waals surface area contributed by atoms with Gasteiger partial charge in [0.2, 0.25) is 11.8 Å². The van der Waals surface area contributed by atoms with Crippen molar-refractivity contribution in [1.82, 2.24) is 10.2 Å². The largest absolute Gasteiger partial charge is 0.493 e. The molecule has 4 rings (SSSR count). The average Bonchev–Trinajstić information content (AvgIpc) is 2.98. The van der Waals surface area contributed by atoms with Crippen molar-refractivity contribution in [3.8, 4) is 5.75 Å². The van der Waals surface area contributed by atoms with Crippen LogP contribution in [0.15, 0.2) is 18.2 Å². The minimum absolute atomic E-state index is 0.180. The Bertz CT molecular complexity index is 741. The number of imide groups is 1. The Morgan fingerprint density at radius 1 is 1.23 bits per heavy atom. The van der Waals surface area contributed by atoms with E-state index >= 15 is 0 Å². The molecule has 0 bridgehead atoms. The molecule has 0 aromatic heterocycles. The van der Waals surface area contributed by atoms with Crippen LogP contribution in [0, 0.1) is 5.92 Å². The number of amides is 3. The molecule has 7 nitrogen and oxygen atoms in total. The van der Waals surface area contributed by atoms with E-state index in [1.807, 2.05) is 6.07 Å². The van der Waals surface area contributed by atoms with Crippen LogP contribution in [0.25, 0.3) is 0 Å². The van der Waals surface area contributed by atoms with Crippen LogP contribution in [-0.2, 0) is 20.9 Å². The number of rotatable bonds is 4. The maximum atomic E-state index is 12.8. The average molecular weight is 358 g/mol. The molecule has 3 aliphatic rings. The normalized spacial score (nSPS) is 25.8. The lowest BCUT2D eigenvalue weighted by Crippen LogP contribution is -2.52. The van der Waals surface area contributed by atoms with Crippen LogP contribution in [0.3, 0.4) is 0 Å². The minimum Gasteiger partial charge on any atom is -0.493 e. The van der Waals surface area contributed by atoms with Crippen molar-refractivity contribution in [2.45, 2.75) is 38.3 Å². The first-order valence-electron chi connectivity index (χ1n) is 9.10. The molecule has 7 heteroatoms. The SMILES string of the molecule is O=C1CCC(N2Cc3c(OCC4CCCOC4)cccc3C2=O)C(=O)N1. The van der Waals surface area contributed by atoms with Crippen molar-refractivity contribution in [3.63, 3.8) is 0 Å². The molecule has 3 aliphatic heterocycles. The predicted molar refractivity (Wildman–Crippen MR) is 91.5 cm³/mol. The van der Waals surface area contributed by atoms with E-state index < -0.39 is 11.9 Å². The quantitative estimate of drug-likeness (QED) is 0.819. The molecule has 0 radical (unpaired) electrons. The van der Waals surface area contributed by atoms with Crippen molar-refractivity contribution in [3.05, 3.63) is 29.3 Å². The lowest BCUT2D eigenvalue weighted by Gasteiger charge is -2.29. The molecule has 2 unspecified atom stereocenters. The topological polar surface area (TPSA) is 84.9 Å². The molecule has 1 aromatic rings. The monoisotopic (exact) mass is 358 g/mol. The number of ether oxygens (including phenoxy) is 2. The standard InChI is InChI=1S/C19H22N2O5/c22-17-7-6-15(18(23)20-17)21-9-14-13(19(21)24)4-1-5-16(14)26-11-12-3-2-8-25-10-12/h1,4-5,12,15H,2-3,6-11H2,(H,20,22,23). The first-order valence-corrected chi connectivity index (χ1v) is 9.10. The van der Waals surface area contributed by atoms with E-state index in [1.54, 1.807) is 17.0 Å². The summed E-state index contributed by atoms with van der Waals surface area (Å²) >= 11 is 0. The van der Waals surface area contributed by atoms with Gasteiger partial charge in [0.15, 0.2) is 0 Å². The van der Waals surface area contributed by atoms with E-state index in [-0.39, 0.29) is 18.2 Å². The summed E-state index contributed by atoms with van der Waals surface area (Å²) in [6, 6.07) is 4.83. The molecule has 1 N–H and O–H groups in total. The zero-order valence-electron chi connectivity index (χ0n) is 14.5. The minimum atomic E-state index is -0.604. The van der Waals surface area contributed by atoms with Crippen LogP contribution >= 0.6 is 0 Å². The van der Waals surface area contributed by atoms with E-state index in [1.165, 1.54) is 0 Å². The fourth-order valence-electron chi connectivity index (χ4n) is 3.84. The lowest BCUT2D eigenvalue weighted by molar-refractivity contribution is -0.136. The van der Waals surface area contributed by atoms with Crippen molar-refractivity contribution in [2.75, 3.05) is 19.8 Å². The zero-order chi connectivity index (χ0) is 18.1. The Hall–Kier alpha value is -2.41. The van der Waals surface area contributed by atoms with Gasteiger partial charge < -0.3 is 14.4 Å². The molecule has 2 fully saturated rings. The summed E-state index contributed by atoms with van der Waals surface area (Å²) in [5.41, 5.74) is 1.39. The van der Waals surface area contributed by atoms with Gasteiger partial charge in [0, 0.05) is 30.1 Å². The number of nitrogens with one attached hydrogen (secondary N) is 1. The van der Waals surface area contributed by atoms with Crippen LogP contribution in [0.1, 0.15) is 41.6 Å². The molecule has 26 heavy (non-hydrogen) atoms. The number of hydrogen-bond acceptors (Lipinski definition) is 5. The van der Waals surface area contributed by atoms with Gasteiger partial charge in [0.25, 0.3) is 5.91 Å². The molecular formula is C19H22N2O5. The third-order valence-corrected chi connectivity index (χ3v) is 5.27. The Morgan fingerprint density at radius 3 is 2.88 bits per heavy atom. The molecule has 0 saturated carbocycles. The van der Waals surface area contributed by atoms with Crippen LogP contribution < -0.4 is 10.1 Å². The molecule has 138 valence electrons. The number of piperidine rings is 1. The number of benzene rings is 1. The highest BCUT2D eigenvalue weighted by Crippen LogP contribution is 2.34. The van der Waals surface area contributed by atoms with Gasteiger partial charge in [-0.15, -0.1) is 0 Å². The third kappa shape index (κ3) is 3.19. The van der Waals surface area contributed by atoms with Gasteiger partial charge in [-0.25, -0.2) is 0 Å². The van der Waals surface area contributed by atoms with Crippen LogP contribution in [-0.4, -0.2) is 48.5 Å². The van der Waals surface area contributed by atoms with Gasteiger partial charge >= 0.3 is 0 Å². The van der Waals surface area contributed by atoms with E-state index in [2.05, 4.69) is 5.32 Å². The molecule has 0 aliphatic carbocycles. The summed E-state index contributed by atoms with van der Waals surface area (Å²) in [4.78, 5) is 37.8.